The summed E-state index contributed by atoms with van der Waals surface area (Å²) in [5.41, 5.74) is 0.567. The van der Waals surface area contributed by atoms with Crippen molar-refractivity contribution in [2.75, 3.05) is 11.1 Å². The Kier molecular flexibility index (Phi) is 12.4. The minimum Gasteiger partial charge on any atom is -0.378 e. The number of hydrogen-bond donors (Lipinski definition) is 2. The second-order valence-corrected chi connectivity index (χ2v) is 9.12. The van der Waals surface area contributed by atoms with Gasteiger partial charge in [-0.05, 0) is 51.0 Å². The molecule has 5 heteroatoms. The van der Waals surface area contributed by atoms with Crippen LogP contribution in [0.2, 0.25) is 0 Å². The average molecular weight is 418 g/mol. The first-order valence-electron chi connectivity index (χ1n) is 10.5. The van der Waals surface area contributed by atoms with E-state index in [1.165, 1.54) is 43.9 Å². The van der Waals surface area contributed by atoms with Crippen LogP contribution in [-0.2, 0) is 9.59 Å². The van der Waals surface area contributed by atoms with E-state index in [2.05, 4.69) is 17.2 Å². The molecule has 1 amide bonds. The molecule has 0 unspecified atom stereocenters. The highest BCUT2D eigenvalue weighted by molar-refractivity contribution is 8.13. The Bertz CT molecular complexity index is 681. The number of nitrogens with one attached hydrogen (secondary N) is 1. The zero-order valence-electron chi connectivity index (χ0n) is 18.1. The van der Waals surface area contributed by atoms with Crippen LogP contribution in [0.5, 0.6) is 0 Å². The largest absolute Gasteiger partial charge is 0.378 e. The molecule has 0 aliphatic rings. The van der Waals surface area contributed by atoms with Gasteiger partial charge in [0.05, 0.1) is 0 Å². The summed E-state index contributed by atoms with van der Waals surface area (Å²) in [7, 11) is 0. The van der Waals surface area contributed by atoms with Gasteiger partial charge in [-0.15, -0.1) is 0 Å². The predicted octanol–water partition coefficient (Wildman–Crippen LogP) is 5.54. The van der Waals surface area contributed by atoms with E-state index in [0.717, 1.165) is 36.3 Å². The molecule has 0 fully saturated rings. The summed E-state index contributed by atoms with van der Waals surface area (Å²) < 4.78 is 0. The van der Waals surface area contributed by atoms with E-state index >= 15 is 0 Å². The van der Waals surface area contributed by atoms with E-state index in [9.17, 15) is 14.7 Å². The Morgan fingerprint density at radius 2 is 1.52 bits per heavy atom. The summed E-state index contributed by atoms with van der Waals surface area (Å²) >= 11 is 1.42. The van der Waals surface area contributed by atoms with Gasteiger partial charge in [0.1, 0.15) is 5.60 Å². The van der Waals surface area contributed by atoms with E-state index < -0.39 is 5.60 Å². The number of thioether (sulfide) groups is 1. The topological polar surface area (TPSA) is 66.4 Å². The number of carbonyl (C=O) groups excluding carboxylic acids is 2. The maximum Gasteiger partial charge on any atom is 0.224 e. The quantitative estimate of drug-likeness (QED) is 0.346. The third-order valence-corrected chi connectivity index (χ3v) is 5.18. The second kappa shape index (κ2) is 14.3. The fourth-order valence-corrected chi connectivity index (χ4v) is 3.39. The molecule has 0 bridgehead atoms. The summed E-state index contributed by atoms with van der Waals surface area (Å²) in [6.45, 7) is 4.91. The zero-order valence-corrected chi connectivity index (χ0v) is 18.9. The van der Waals surface area contributed by atoms with Crippen LogP contribution in [0.4, 0.5) is 5.69 Å². The molecule has 0 atom stereocenters. The van der Waals surface area contributed by atoms with E-state index in [0.29, 0.717) is 6.42 Å². The second-order valence-electron chi connectivity index (χ2n) is 7.85. The van der Waals surface area contributed by atoms with Crippen molar-refractivity contribution in [1.29, 1.82) is 0 Å². The first kappa shape index (κ1) is 25.3. The number of amides is 1. The summed E-state index contributed by atoms with van der Waals surface area (Å²) in [5, 5.41) is 12.8. The number of benzene rings is 1. The van der Waals surface area contributed by atoms with E-state index in [-0.39, 0.29) is 11.0 Å². The van der Waals surface area contributed by atoms with Crippen LogP contribution >= 0.6 is 11.8 Å². The Balaban J connectivity index is 2.08. The minimum atomic E-state index is -1.01. The fraction of sp³-hybridized carbons (Fsp3) is 0.583. The first-order chi connectivity index (χ1) is 13.8. The number of carbonyl (C=O) groups is 2. The lowest BCUT2D eigenvalue weighted by molar-refractivity contribution is -0.116. The molecule has 1 aromatic rings. The molecule has 0 saturated heterocycles. The van der Waals surface area contributed by atoms with Crippen LogP contribution in [0.25, 0.3) is 0 Å². The van der Waals surface area contributed by atoms with Crippen molar-refractivity contribution in [2.24, 2.45) is 0 Å². The molecule has 4 nitrogen and oxygen atoms in total. The molecule has 2 N–H and O–H groups in total. The van der Waals surface area contributed by atoms with Crippen LogP contribution in [-0.4, -0.2) is 27.5 Å². The smallest absolute Gasteiger partial charge is 0.224 e. The Morgan fingerprint density at radius 1 is 0.966 bits per heavy atom. The zero-order chi connectivity index (χ0) is 21.5. The molecule has 0 aliphatic heterocycles. The number of anilines is 1. The van der Waals surface area contributed by atoms with Crippen molar-refractivity contribution in [3.05, 3.63) is 29.8 Å². The average Bonchev–Trinajstić information content (AvgIpc) is 2.64. The molecule has 0 aliphatic carbocycles. The highest BCUT2D eigenvalue weighted by Gasteiger charge is 2.06. The van der Waals surface area contributed by atoms with Crippen molar-refractivity contribution in [2.45, 2.75) is 84.2 Å². The highest BCUT2D eigenvalue weighted by atomic mass is 32.2. The molecule has 1 rings (SSSR count). The third-order valence-electron chi connectivity index (χ3n) is 4.28. The standard InChI is InChI=1S/C24H35NO3S/c1-20(26)29-19-11-9-7-5-4-6-8-10-12-23(27)25-22-15-13-21(14-16-22)17-18-24(2,3)28/h13-16,28H,4-12,19H2,1-3H3,(H,25,27). The number of unbranched alkanes of at least 4 members (excludes halogenated alkanes) is 7. The van der Waals surface area contributed by atoms with E-state index in [1.54, 1.807) is 20.8 Å². The Hall–Kier alpha value is -1.77. The van der Waals surface area contributed by atoms with Gasteiger partial charge in [-0.1, -0.05) is 62.1 Å². The van der Waals surface area contributed by atoms with Gasteiger partial charge >= 0.3 is 0 Å². The molecule has 0 heterocycles. The molecule has 29 heavy (non-hydrogen) atoms. The van der Waals surface area contributed by atoms with Crippen LogP contribution < -0.4 is 5.32 Å². The van der Waals surface area contributed by atoms with Crippen LogP contribution in [0.15, 0.2) is 24.3 Å². The molecule has 0 radical (unpaired) electrons. The third kappa shape index (κ3) is 14.8. The Labute approximate surface area is 180 Å². The van der Waals surface area contributed by atoms with Gasteiger partial charge in [-0.3, -0.25) is 9.59 Å². The van der Waals surface area contributed by atoms with Crippen molar-refractivity contribution >= 4 is 28.5 Å². The predicted molar refractivity (Wildman–Crippen MR) is 123 cm³/mol. The summed E-state index contributed by atoms with van der Waals surface area (Å²) in [6.07, 6.45) is 9.72. The van der Waals surface area contributed by atoms with Gasteiger partial charge in [-0.25, -0.2) is 0 Å². The van der Waals surface area contributed by atoms with Gasteiger partial charge in [-0.2, -0.15) is 0 Å². The number of rotatable bonds is 12. The Morgan fingerprint density at radius 3 is 2.07 bits per heavy atom. The lowest BCUT2D eigenvalue weighted by atomic mass is 10.1. The minimum absolute atomic E-state index is 0.0447. The van der Waals surface area contributed by atoms with Crippen molar-refractivity contribution < 1.29 is 14.7 Å². The molecule has 0 saturated carbocycles. The van der Waals surface area contributed by atoms with Gasteiger partial charge in [0, 0.05) is 30.3 Å². The van der Waals surface area contributed by atoms with Crippen LogP contribution in [0.1, 0.15) is 84.1 Å². The normalized spacial score (nSPS) is 10.9. The van der Waals surface area contributed by atoms with Gasteiger partial charge in [0.25, 0.3) is 0 Å². The van der Waals surface area contributed by atoms with Gasteiger partial charge in [0.2, 0.25) is 5.91 Å². The molecular formula is C24H35NO3S. The van der Waals surface area contributed by atoms with Crippen molar-refractivity contribution in [1.82, 2.24) is 0 Å². The van der Waals surface area contributed by atoms with E-state index in [1.807, 2.05) is 24.3 Å². The molecule has 0 spiro atoms. The van der Waals surface area contributed by atoms with Crippen LogP contribution in [0.3, 0.4) is 0 Å². The first-order valence-corrected chi connectivity index (χ1v) is 11.5. The molecule has 1 aromatic carbocycles. The summed E-state index contributed by atoms with van der Waals surface area (Å²) in [5.74, 6) is 6.67. The molecular weight excluding hydrogens is 382 g/mol. The lowest BCUT2D eigenvalue weighted by Crippen LogP contribution is -2.14. The van der Waals surface area contributed by atoms with Crippen molar-refractivity contribution in [3.63, 3.8) is 0 Å². The molecule has 160 valence electrons. The number of hydrogen-bond acceptors (Lipinski definition) is 4. The lowest BCUT2D eigenvalue weighted by Gasteiger charge is -2.07. The molecule has 0 aromatic heterocycles. The highest BCUT2D eigenvalue weighted by Crippen LogP contribution is 2.13. The van der Waals surface area contributed by atoms with E-state index in [4.69, 9.17) is 0 Å². The maximum atomic E-state index is 12.0. The number of aliphatic hydroxyl groups is 1. The summed E-state index contributed by atoms with van der Waals surface area (Å²) in [4.78, 5) is 22.9. The summed E-state index contributed by atoms with van der Waals surface area (Å²) in [6, 6.07) is 7.35. The fourth-order valence-electron chi connectivity index (χ4n) is 2.75. The van der Waals surface area contributed by atoms with Gasteiger partial charge in [0.15, 0.2) is 5.12 Å². The monoisotopic (exact) mass is 417 g/mol. The maximum absolute atomic E-state index is 12.0. The van der Waals surface area contributed by atoms with Crippen molar-refractivity contribution in [3.8, 4) is 11.8 Å². The SMILES string of the molecule is CC(=O)SCCCCCCCCCCC(=O)Nc1ccc(C#CC(C)(C)O)cc1. The van der Waals surface area contributed by atoms with Crippen LogP contribution in [0, 0.1) is 11.8 Å². The van der Waals surface area contributed by atoms with Gasteiger partial charge < -0.3 is 10.4 Å².